The Morgan fingerprint density at radius 1 is 1.14 bits per heavy atom. The van der Waals surface area contributed by atoms with E-state index < -0.39 is 0 Å². The molecule has 22 heavy (non-hydrogen) atoms. The van der Waals surface area contributed by atoms with Crippen LogP contribution in [0.25, 0.3) is 10.9 Å². The highest BCUT2D eigenvalue weighted by atomic mass is 16.5. The van der Waals surface area contributed by atoms with Crippen LogP contribution in [-0.2, 0) is 6.54 Å². The Morgan fingerprint density at radius 2 is 2.00 bits per heavy atom. The summed E-state index contributed by atoms with van der Waals surface area (Å²) < 4.78 is 10.7. The molecule has 2 aromatic heterocycles. The Morgan fingerprint density at radius 3 is 2.68 bits per heavy atom. The summed E-state index contributed by atoms with van der Waals surface area (Å²) in [5.74, 6) is 2.89. The van der Waals surface area contributed by atoms with Crippen molar-refractivity contribution in [2.75, 3.05) is 19.5 Å². The van der Waals surface area contributed by atoms with Crippen molar-refractivity contribution < 1.29 is 9.47 Å². The van der Waals surface area contributed by atoms with Crippen molar-refractivity contribution in [1.29, 1.82) is 0 Å². The van der Waals surface area contributed by atoms with Gasteiger partial charge in [0.05, 0.1) is 26.2 Å². The summed E-state index contributed by atoms with van der Waals surface area (Å²) in [6.45, 7) is 2.51. The number of H-pyrrole nitrogens is 1. The highest BCUT2D eigenvalue weighted by molar-refractivity contribution is 5.94. The Kier molecular flexibility index (Phi) is 3.78. The van der Waals surface area contributed by atoms with E-state index in [1.165, 1.54) is 6.33 Å². The number of aromatic nitrogens is 4. The van der Waals surface area contributed by atoms with E-state index >= 15 is 0 Å². The fourth-order valence-electron chi connectivity index (χ4n) is 2.25. The molecule has 0 aliphatic rings. The number of ether oxygens (including phenoxy) is 2. The number of aryl methyl sites for hydroxylation is 1. The molecule has 0 radical (unpaired) electrons. The number of nitrogens with one attached hydrogen (secondary N) is 2. The van der Waals surface area contributed by atoms with E-state index in [4.69, 9.17) is 9.47 Å². The lowest BCUT2D eigenvalue weighted by Crippen LogP contribution is -2.04. The molecular weight excluding hydrogens is 282 g/mol. The summed E-state index contributed by atoms with van der Waals surface area (Å²) in [4.78, 5) is 16.0. The van der Waals surface area contributed by atoms with Gasteiger partial charge in [0.1, 0.15) is 35.0 Å². The van der Waals surface area contributed by atoms with Crippen LogP contribution in [0.1, 0.15) is 11.5 Å². The zero-order valence-corrected chi connectivity index (χ0v) is 12.7. The van der Waals surface area contributed by atoms with Crippen LogP contribution >= 0.6 is 0 Å². The molecule has 7 heteroatoms. The smallest absolute Gasteiger partial charge is 0.148 e. The Labute approximate surface area is 127 Å². The third-order valence-electron chi connectivity index (χ3n) is 3.31. The highest BCUT2D eigenvalue weighted by Gasteiger charge is 2.11. The van der Waals surface area contributed by atoms with Crippen LogP contribution in [0.5, 0.6) is 11.5 Å². The summed E-state index contributed by atoms with van der Waals surface area (Å²) in [5, 5.41) is 4.10. The van der Waals surface area contributed by atoms with Crippen LogP contribution in [-0.4, -0.2) is 34.2 Å². The number of hydrogen-bond donors (Lipinski definition) is 2. The SMILES string of the molecule is COc1cc(OC)c2ncnc(NCc3ncc(C)[nH]3)c2c1. The van der Waals surface area contributed by atoms with Gasteiger partial charge in [0.25, 0.3) is 0 Å². The molecule has 0 amide bonds. The maximum Gasteiger partial charge on any atom is 0.148 e. The van der Waals surface area contributed by atoms with Gasteiger partial charge in [0.15, 0.2) is 0 Å². The first-order valence-electron chi connectivity index (χ1n) is 6.82. The minimum Gasteiger partial charge on any atom is -0.497 e. The molecular formula is C15H17N5O2. The first-order chi connectivity index (χ1) is 10.7. The Bertz CT molecular complexity index is 800. The lowest BCUT2D eigenvalue weighted by molar-refractivity contribution is 0.397. The van der Waals surface area contributed by atoms with Gasteiger partial charge in [-0.15, -0.1) is 0 Å². The van der Waals surface area contributed by atoms with Gasteiger partial charge in [0.2, 0.25) is 0 Å². The monoisotopic (exact) mass is 299 g/mol. The van der Waals surface area contributed by atoms with Crippen LogP contribution in [0.15, 0.2) is 24.7 Å². The van der Waals surface area contributed by atoms with Crippen LogP contribution in [0.4, 0.5) is 5.82 Å². The van der Waals surface area contributed by atoms with Crippen LogP contribution < -0.4 is 14.8 Å². The van der Waals surface area contributed by atoms with Crippen molar-refractivity contribution in [2.24, 2.45) is 0 Å². The maximum atomic E-state index is 5.37. The second-order valence-electron chi connectivity index (χ2n) is 4.81. The largest absolute Gasteiger partial charge is 0.497 e. The topological polar surface area (TPSA) is 84.9 Å². The van der Waals surface area contributed by atoms with E-state index in [1.54, 1.807) is 26.5 Å². The third-order valence-corrected chi connectivity index (χ3v) is 3.31. The van der Waals surface area contributed by atoms with Gasteiger partial charge >= 0.3 is 0 Å². The molecule has 0 aliphatic heterocycles. The molecule has 2 heterocycles. The lowest BCUT2D eigenvalue weighted by atomic mass is 10.2. The summed E-state index contributed by atoms with van der Waals surface area (Å²) in [6, 6.07) is 3.68. The van der Waals surface area contributed by atoms with Crippen LogP contribution in [0.3, 0.4) is 0 Å². The molecule has 7 nitrogen and oxygen atoms in total. The molecule has 3 aromatic rings. The molecule has 0 spiro atoms. The van der Waals surface area contributed by atoms with Gasteiger partial charge in [-0.05, 0) is 13.0 Å². The molecule has 0 fully saturated rings. The predicted molar refractivity (Wildman–Crippen MR) is 83.3 cm³/mol. The first kappa shape index (κ1) is 14.1. The van der Waals surface area contributed by atoms with Gasteiger partial charge in [-0.3, -0.25) is 0 Å². The number of hydrogen-bond acceptors (Lipinski definition) is 6. The minimum absolute atomic E-state index is 0.541. The van der Waals surface area contributed by atoms with Crippen LogP contribution in [0.2, 0.25) is 0 Å². The Hall–Kier alpha value is -2.83. The maximum absolute atomic E-state index is 5.37. The predicted octanol–water partition coefficient (Wildman–Crippen LogP) is 2.29. The quantitative estimate of drug-likeness (QED) is 0.752. The number of methoxy groups -OCH3 is 2. The summed E-state index contributed by atoms with van der Waals surface area (Å²) in [5.41, 5.74) is 1.75. The number of aromatic amines is 1. The molecule has 0 aliphatic carbocycles. The number of benzene rings is 1. The van der Waals surface area contributed by atoms with Gasteiger partial charge in [-0.1, -0.05) is 0 Å². The first-order valence-corrected chi connectivity index (χ1v) is 6.82. The fraction of sp³-hybridized carbons (Fsp3) is 0.267. The van der Waals surface area contributed by atoms with Gasteiger partial charge in [-0.2, -0.15) is 0 Å². The number of rotatable bonds is 5. The number of imidazole rings is 1. The van der Waals surface area contributed by atoms with E-state index in [2.05, 4.69) is 25.3 Å². The summed E-state index contributed by atoms with van der Waals surface area (Å²) in [7, 11) is 3.22. The molecule has 3 rings (SSSR count). The normalized spacial score (nSPS) is 10.7. The summed E-state index contributed by atoms with van der Waals surface area (Å²) >= 11 is 0. The standard InChI is InChI=1S/C15H17N5O2/c1-9-6-16-13(20-9)7-17-15-11-4-10(21-2)5-12(22-3)14(11)18-8-19-15/h4-6,8H,7H2,1-3H3,(H,16,20)(H,17,18,19). The number of nitrogens with zero attached hydrogens (tertiary/aromatic N) is 3. The van der Waals surface area contributed by atoms with E-state index in [9.17, 15) is 0 Å². The third kappa shape index (κ3) is 2.65. The zero-order valence-electron chi connectivity index (χ0n) is 12.7. The van der Waals surface area contributed by atoms with Crippen LogP contribution in [0, 0.1) is 6.92 Å². The number of anilines is 1. The lowest BCUT2D eigenvalue weighted by Gasteiger charge is -2.11. The molecule has 0 bridgehead atoms. The highest BCUT2D eigenvalue weighted by Crippen LogP contribution is 2.32. The van der Waals surface area contributed by atoms with Crippen molar-refractivity contribution in [3.05, 3.63) is 36.2 Å². The van der Waals surface area contributed by atoms with Gasteiger partial charge in [0, 0.05) is 18.0 Å². The molecule has 1 aromatic carbocycles. The molecule has 0 saturated carbocycles. The molecule has 0 unspecified atom stereocenters. The second-order valence-corrected chi connectivity index (χ2v) is 4.81. The molecule has 0 saturated heterocycles. The fourth-order valence-corrected chi connectivity index (χ4v) is 2.25. The molecule has 0 atom stereocenters. The molecule has 2 N–H and O–H groups in total. The average Bonchev–Trinajstić information content (AvgIpc) is 2.97. The molecule has 114 valence electrons. The zero-order chi connectivity index (χ0) is 15.5. The van der Waals surface area contributed by atoms with E-state index in [0.717, 1.165) is 22.4 Å². The van der Waals surface area contributed by atoms with E-state index in [1.807, 2.05) is 13.0 Å². The van der Waals surface area contributed by atoms with Crippen molar-refractivity contribution in [2.45, 2.75) is 13.5 Å². The van der Waals surface area contributed by atoms with Gasteiger partial charge in [-0.25, -0.2) is 15.0 Å². The van der Waals surface area contributed by atoms with E-state index in [0.29, 0.717) is 23.9 Å². The second kappa shape index (κ2) is 5.88. The van der Waals surface area contributed by atoms with Crippen molar-refractivity contribution in [1.82, 2.24) is 19.9 Å². The number of fused-ring (bicyclic) bond motifs is 1. The van der Waals surface area contributed by atoms with E-state index in [-0.39, 0.29) is 0 Å². The van der Waals surface area contributed by atoms with Crippen molar-refractivity contribution >= 4 is 16.7 Å². The average molecular weight is 299 g/mol. The van der Waals surface area contributed by atoms with Crippen molar-refractivity contribution in [3.63, 3.8) is 0 Å². The summed E-state index contributed by atoms with van der Waals surface area (Å²) in [6.07, 6.45) is 3.30. The minimum atomic E-state index is 0.541. The van der Waals surface area contributed by atoms with Gasteiger partial charge < -0.3 is 19.8 Å². The Balaban J connectivity index is 1.98. The van der Waals surface area contributed by atoms with Crippen molar-refractivity contribution in [3.8, 4) is 11.5 Å².